The molecule has 2 aromatic carbocycles. The fourth-order valence-electron chi connectivity index (χ4n) is 3.25. The van der Waals surface area contributed by atoms with Crippen LogP contribution in [0.1, 0.15) is 16.1 Å². The molecular weight excluding hydrogens is 460 g/mol. The molecule has 0 amide bonds. The summed E-state index contributed by atoms with van der Waals surface area (Å²) in [5.74, 6) is -0.352. The second-order valence-corrected chi connectivity index (χ2v) is 7.50. The van der Waals surface area contributed by atoms with E-state index in [1.807, 2.05) is 36.4 Å². The molecule has 0 saturated heterocycles. The number of para-hydroxylation sites is 1. The van der Waals surface area contributed by atoms with Crippen LogP contribution in [0.3, 0.4) is 0 Å². The first-order chi connectivity index (χ1) is 16.5. The second kappa shape index (κ2) is 10.7. The Kier molecular flexibility index (Phi) is 7.31. The molecule has 4 aromatic rings. The van der Waals surface area contributed by atoms with Gasteiger partial charge in [0.15, 0.2) is 22.4 Å². The molecule has 2 aromatic heterocycles. The van der Waals surface area contributed by atoms with Crippen molar-refractivity contribution in [1.82, 2.24) is 25.0 Å². The van der Waals surface area contributed by atoms with Crippen LogP contribution in [0.15, 0.2) is 60.9 Å². The van der Waals surface area contributed by atoms with E-state index in [0.717, 1.165) is 5.56 Å². The number of nitrogens with zero attached hydrogens (tertiary/aromatic N) is 5. The molecule has 0 unspecified atom stereocenters. The van der Waals surface area contributed by atoms with Gasteiger partial charge in [0.1, 0.15) is 6.33 Å². The number of benzene rings is 2. The number of aromatic nitrogens is 5. The van der Waals surface area contributed by atoms with E-state index in [1.54, 1.807) is 23.1 Å². The zero-order valence-corrected chi connectivity index (χ0v) is 18.9. The van der Waals surface area contributed by atoms with Crippen molar-refractivity contribution in [3.05, 3.63) is 77.3 Å². The van der Waals surface area contributed by atoms with Crippen LogP contribution < -0.4 is 10.1 Å². The lowest BCUT2D eigenvalue weighted by Gasteiger charge is -2.14. The van der Waals surface area contributed by atoms with Crippen LogP contribution in [0.2, 0.25) is 5.15 Å². The van der Waals surface area contributed by atoms with E-state index in [9.17, 15) is 9.90 Å². The van der Waals surface area contributed by atoms with Gasteiger partial charge in [-0.3, -0.25) is 4.68 Å². The predicted molar refractivity (Wildman–Crippen MR) is 125 cm³/mol. The lowest BCUT2D eigenvalue weighted by atomic mass is 10.1. The Morgan fingerprint density at radius 2 is 1.94 bits per heavy atom. The van der Waals surface area contributed by atoms with Crippen molar-refractivity contribution >= 4 is 28.9 Å². The van der Waals surface area contributed by atoms with Gasteiger partial charge in [-0.25, -0.2) is 9.78 Å². The number of rotatable bonds is 10. The summed E-state index contributed by atoms with van der Waals surface area (Å²) >= 11 is 5.91. The van der Waals surface area contributed by atoms with Crippen molar-refractivity contribution in [2.45, 2.75) is 13.2 Å². The molecule has 174 valence electrons. The zero-order chi connectivity index (χ0) is 23.9. The molecular formula is C23H21ClN6O4. The average Bonchev–Trinajstić information content (AvgIpc) is 3.31. The molecule has 34 heavy (non-hydrogen) atoms. The quantitative estimate of drug-likeness (QED) is 0.323. The molecule has 10 nitrogen and oxygen atoms in total. The van der Waals surface area contributed by atoms with Gasteiger partial charge in [-0.15, -0.1) is 10.2 Å². The average molecular weight is 481 g/mol. The smallest absolute Gasteiger partial charge is 0.358 e. The minimum Gasteiger partial charge on any atom is -0.494 e. The molecule has 0 atom stereocenters. The number of halogens is 1. The van der Waals surface area contributed by atoms with Crippen LogP contribution >= 0.6 is 11.6 Å². The summed E-state index contributed by atoms with van der Waals surface area (Å²) in [6, 6.07) is 16.6. The number of ether oxygens (including phenoxy) is 2. The van der Waals surface area contributed by atoms with Gasteiger partial charge >= 0.3 is 5.97 Å². The van der Waals surface area contributed by atoms with E-state index < -0.39 is 5.97 Å². The third-order valence-corrected chi connectivity index (χ3v) is 4.99. The van der Waals surface area contributed by atoms with Crippen LogP contribution in [0.25, 0.3) is 11.4 Å². The van der Waals surface area contributed by atoms with Gasteiger partial charge < -0.3 is 19.9 Å². The van der Waals surface area contributed by atoms with Gasteiger partial charge in [-0.2, -0.15) is 5.10 Å². The van der Waals surface area contributed by atoms with Crippen molar-refractivity contribution in [1.29, 1.82) is 0 Å². The maximum Gasteiger partial charge on any atom is 0.358 e. The Bertz CT molecular complexity index is 1280. The Morgan fingerprint density at radius 3 is 2.71 bits per heavy atom. The molecule has 11 heteroatoms. The molecule has 0 aliphatic heterocycles. The summed E-state index contributed by atoms with van der Waals surface area (Å²) in [5, 5.41) is 24.2. The third-order valence-electron chi connectivity index (χ3n) is 4.81. The molecule has 0 spiro atoms. The lowest BCUT2D eigenvalue weighted by Crippen LogP contribution is -2.08. The first-order valence-corrected chi connectivity index (χ1v) is 10.6. The summed E-state index contributed by atoms with van der Waals surface area (Å²) in [7, 11) is 1.51. The summed E-state index contributed by atoms with van der Waals surface area (Å²) in [4.78, 5) is 15.9. The molecule has 0 saturated carbocycles. The van der Waals surface area contributed by atoms with E-state index in [4.69, 9.17) is 21.1 Å². The fourth-order valence-corrected chi connectivity index (χ4v) is 3.39. The van der Waals surface area contributed by atoms with Gasteiger partial charge in [-0.1, -0.05) is 48.0 Å². The number of carboxylic acids is 1. The molecule has 0 aliphatic carbocycles. The highest BCUT2D eigenvalue weighted by molar-refractivity contribution is 6.29. The molecule has 4 rings (SSSR count). The van der Waals surface area contributed by atoms with Crippen molar-refractivity contribution in [3.8, 4) is 17.1 Å². The number of carboxylic acid groups (broad SMARTS) is 1. The Morgan fingerprint density at radius 1 is 1.12 bits per heavy atom. The molecule has 0 radical (unpaired) electrons. The van der Waals surface area contributed by atoms with E-state index in [2.05, 4.69) is 25.6 Å². The maximum absolute atomic E-state index is 11.5. The summed E-state index contributed by atoms with van der Waals surface area (Å²) in [6.45, 7) is 1.53. The van der Waals surface area contributed by atoms with Gasteiger partial charge in [-0.05, 0) is 17.7 Å². The van der Waals surface area contributed by atoms with Crippen molar-refractivity contribution < 1.29 is 19.4 Å². The highest BCUT2D eigenvalue weighted by Crippen LogP contribution is 2.37. The maximum atomic E-state index is 11.5. The Labute approximate surface area is 200 Å². The van der Waals surface area contributed by atoms with Crippen LogP contribution in [0.5, 0.6) is 5.75 Å². The van der Waals surface area contributed by atoms with Crippen LogP contribution in [-0.4, -0.2) is 49.8 Å². The fraction of sp³-hybridized carbons (Fsp3) is 0.174. The number of carbonyl (C=O) groups is 1. The molecule has 0 bridgehead atoms. The largest absolute Gasteiger partial charge is 0.494 e. The summed E-state index contributed by atoms with van der Waals surface area (Å²) in [5.41, 5.74) is 2.13. The highest BCUT2D eigenvalue weighted by atomic mass is 35.5. The normalized spacial score (nSPS) is 10.8. The van der Waals surface area contributed by atoms with Gasteiger partial charge in [0.2, 0.25) is 0 Å². The number of nitrogens with one attached hydrogen (secondary N) is 1. The number of methoxy groups -OCH3 is 1. The minimum atomic E-state index is -1.24. The topological polar surface area (TPSA) is 124 Å². The minimum absolute atomic E-state index is 0.0533. The molecule has 2 N–H and O–H groups in total. The molecule has 0 aliphatic rings. The Hall–Kier alpha value is -4.02. The van der Waals surface area contributed by atoms with E-state index >= 15 is 0 Å². The van der Waals surface area contributed by atoms with Crippen LogP contribution in [-0.2, 0) is 17.9 Å². The van der Waals surface area contributed by atoms with Crippen LogP contribution in [0.4, 0.5) is 11.4 Å². The number of hydrogen-bond acceptors (Lipinski definition) is 8. The van der Waals surface area contributed by atoms with E-state index in [0.29, 0.717) is 42.6 Å². The van der Waals surface area contributed by atoms with Gasteiger partial charge in [0, 0.05) is 6.07 Å². The molecule has 0 fully saturated rings. The number of aromatic carboxylic acids is 1. The molecule has 2 heterocycles. The first-order valence-electron chi connectivity index (χ1n) is 10.3. The number of anilines is 2. The second-order valence-electron chi connectivity index (χ2n) is 7.12. The van der Waals surface area contributed by atoms with E-state index in [1.165, 1.54) is 13.2 Å². The monoisotopic (exact) mass is 480 g/mol. The Balaban J connectivity index is 1.49. The summed E-state index contributed by atoms with van der Waals surface area (Å²) in [6.07, 6.45) is 1.62. The van der Waals surface area contributed by atoms with E-state index in [-0.39, 0.29) is 16.5 Å². The standard InChI is InChI=1S/C23H21ClN6O4/c1-33-21-16(8-5-9-17(21)26-18-12-19(24)27-28-20(18)23(31)32)22-25-14-30(29-22)10-11-34-13-15-6-3-2-4-7-15/h2-9,12,14H,10-11,13H2,1H3,(H,26,27)(H,31,32). The van der Waals surface area contributed by atoms with Crippen LogP contribution in [0, 0.1) is 0 Å². The van der Waals surface area contributed by atoms with Crippen molar-refractivity contribution in [3.63, 3.8) is 0 Å². The van der Waals surface area contributed by atoms with Crippen molar-refractivity contribution in [2.75, 3.05) is 19.0 Å². The predicted octanol–water partition coefficient (Wildman–Crippen LogP) is 4.06. The van der Waals surface area contributed by atoms with Crippen molar-refractivity contribution in [2.24, 2.45) is 0 Å². The SMILES string of the molecule is COc1c(Nc2cc(Cl)nnc2C(=O)O)cccc1-c1ncn(CCOCc2ccccc2)n1. The number of hydrogen-bond donors (Lipinski definition) is 2. The third kappa shape index (κ3) is 5.48. The van der Waals surface area contributed by atoms with Gasteiger partial charge in [0.05, 0.1) is 43.8 Å². The summed E-state index contributed by atoms with van der Waals surface area (Å²) < 4.78 is 13.0. The first kappa shape index (κ1) is 23.1. The highest BCUT2D eigenvalue weighted by Gasteiger charge is 2.18. The lowest BCUT2D eigenvalue weighted by molar-refractivity contribution is 0.0690. The van der Waals surface area contributed by atoms with Gasteiger partial charge in [0.25, 0.3) is 0 Å². The zero-order valence-electron chi connectivity index (χ0n) is 18.2.